The van der Waals surface area contributed by atoms with Gasteiger partial charge in [0, 0.05) is 0 Å². The number of thiol groups is 1. The normalized spacial score (nSPS) is 27.8. The summed E-state index contributed by atoms with van der Waals surface area (Å²) in [4.78, 5) is -0.627. The number of rotatable bonds is 0. The van der Waals surface area contributed by atoms with Crippen molar-refractivity contribution in [1.29, 1.82) is 0 Å². The van der Waals surface area contributed by atoms with Crippen molar-refractivity contribution in [2.45, 2.75) is 37.0 Å². The second-order valence-electron chi connectivity index (χ2n) is 2.54. The van der Waals surface area contributed by atoms with E-state index in [4.69, 9.17) is 0 Å². The Morgan fingerprint density at radius 1 is 1.12 bits per heavy atom. The van der Waals surface area contributed by atoms with Crippen molar-refractivity contribution in [1.82, 2.24) is 0 Å². The molecule has 48 valence electrons. The van der Waals surface area contributed by atoms with Crippen LogP contribution in [-0.2, 0) is 0 Å². The van der Waals surface area contributed by atoms with Crippen LogP contribution < -0.4 is 0 Å². The van der Waals surface area contributed by atoms with Crippen LogP contribution in [0.15, 0.2) is 0 Å². The molecule has 0 aromatic carbocycles. The van der Waals surface area contributed by atoms with Gasteiger partial charge < -0.3 is 5.11 Å². The molecule has 0 spiro atoms. The first-order valence-electron chi connectivity index (χ1n) is 3.15. The third kappa shape index (κ3) is 1.67. The fourth-order valence-corrected chi connectivity index (χ4v) is 1.43. The van der Waals surface area contributed by atoms with Gasteiger partial charge in [0.05, 0.1) is 0 Å². The maximum atomic E-state index is 9.24. The number of hydrogen-bond donors (Lipinski definition) is 2. The minimum absolute atomic E-state index is 0.627. The van der Waals surface area contributed by atoms with Gasteiger partial charge in [-0.3, -0.25) is 0 Å². The maximum absolute atomic E-state index is 9.24. The summed E-state index contributed by atoms with van der Waals surface area (Å²) in [5.41, 5.74) is 0. The fraction of sp³-hybridized carbons (Fsp3) is 1.00. The van der Waals surface area contributed by atoms with Crippen LogP contribution in [0.4, 0.5) is 0 Å². The second-order valence-corrected chi connectivity index (χ2v) is 3.38. The molecule has 1 aliphatic carbocycles. The van der Waals surface area contributed by atoms with E-state index in [0.717, 1.165) is 25.7 Å². The molecule has 0 unspecified atom stereocenters. The molecule has 1 N–H and O–H groups in total. The first-order chi connectivity index (χ1) is 3.71. The van der Waals surface area contributed by atoms with Crippen LogP contribution in [0.25, 0.3) is 0 Å². The lowest BCUT2D eigenvalue weighted by Gasteiger charge is -2.26. The second kappa shape index (κ2) is 2.28. The predicted molar refractivity (Wildman–Crippen MR) is 37.0 cm³/mol. The highest BCUT2D eigenvalue weighted by atomic mass is 32.1. The predicted octanol–water partition coefficient (Wildman–Crippen LogP) is 1.57. The maximum Gasteiger partial charge on any atom is 0.107 e. The van der Waals surface area contributed by atoms with Crippen LogP contribution in [0, 0.1) is 0 Å². The van der Waals surface area contributed by atoms with Gasteiger partial charge in [0.2, 0.25) is 0 Å². The first-order valence-corrected chi connectivity index (χ1v) is 3.60. The van der Waals surface area contributed by atoms with Crippen molar-refractivity contribution in [3.05, 3.63) is 0 Å². The molecule has 0 heterocycles. The van der Waals surface area contributed by atoms with E-state index in [1.165, 1.54) is 6.42 Å². The van der Waals surface area contributed by atoms with Crippen LogP contribution in [0.3, 0.4) is 0 Å². The molecular weight excluding hydrogens is 120 g/mol. The van der Waals surface area contributed by atoms with Crippen LogP contribution in [0.5, 0.6) is 0 Å². The van der Waals surface area contributed by atoms with Gasteiger partial charge in [0.15, 0.2) is 0 Å². The Morgan fingerprint density at radius 3 is 1.88 bits per heavy atom. The Morgan fingerprint density at radius 2 is 1.62 bits per heavy atom. The van der Waals surface area contributed by atoms with Gasteiger partial charge in [-0.25, -0.2) is 0 Å². The molecule has 0 bridgehead atoms. The first kappa shape index (κ1) is 6.43. The average Bonchev–Trinajstić information content (AvgIpc) is 1.65. The molecule has 0 aliphatic heterocycles. The van der Waals surface area contributed by atoms with Crippen molar-refractivity contribution in [2.24, 2.45) is 0 Å². The van der Waals surface area contributed by atoms with E-state index in [-0.39, 0.29) is 0 Å². The van der Waals surface area contributed by atoms with Crippen LogP contribution in [-0.4, -0.2) is 10.0 Å². The van der Waals surface area contributed by atoms with Gasteiger partial charge in [-0.15, -0.1) is 12.6 Å². The van der Waals surface area contributed by atoms with E-state index in [1.54, 1.807) is 0 Å². The molecule has 0 aromatic rings. The molecule has 1 nitrogen and oxygen atoms in total. The summed E-state index contributed by atoms with van der Waals surface area (Å²) < 4.78 is 0. The van der Waals surface area contributed by atoms with E-state index in [2.05, 4.69) is 12.6 Å². The van der Waals surface area contributed by atoms with E-state index in [1.807, 2.05) is 0 Å². The summed E-state index contributed by atoms with van der Waals surface area (Å²) in [5.74, 6) is 0. The van der Waals surface area contributed by atoms with Gasteiger partial charge >= 0.3 is 0 Å². The van der Waals surface area contributed by atoms with Gasteiger partial charge in [-0.2, -0.15) is 0 Å². The minimum atomic E-state index is -0.627. The molecule has 0 atom stereocenters. The smallest absolute Gasteiger partial charge is 0.107 e. The highest BCUT2D eigenvalue weighted by Gasteiger charge is 2.23. The molecule has 0 radical (unpaired) electrons. The van der Waals surface area contributed by atoms with Gasteiger partial charge in [0.25, 0.3) is 0 Å². The summed E-state index contributed by atoms with van der Waals surface area (Å²) in [6.45, 7) is 0. The van der Waals surface area contributed by atoms with Crippen molar-refractivity contribution in [3.63, 3.8) is 0 Å². The van der Waals surface area contributed by atoms with Gasteiger partial charge in [-0.05, 0) is 25.7 Å². The van der Waals surface area contributed by atoms with E-state index >= 15 is 0 Å². The van der Waals surface area contributed by atoms with Crippen molar-refractivity contribution < 1.29 is 5.11 Å². The quantitative estimate of drug-likeness (QED) is 0.378. The zero-order valence-electron chi connectivity index (χ0n) is 4.93. The Labute approximate surface area is 55.5 Å². The van der Waals surface area contributed by atoms with Crippen LogP contribution in [0.2, 0.25) is 0 Å². The largest absolute Gasteiger partial charge is 0.380 e. The molecule has 2 heteroatoms. The van der Waals surface area contributed by atoms with Crippen molar-refractivity contribution in [2.75, 3.05) is 0 Å². The Balaban J connectivity index is 2.33. The van der Waals surface area contributed by atoms with Crippen molar-refractivity contribution in [3.8, 4) is 0 Å². The monoisotopic (exact) mass is 132 g/mol. The average molecular weight is 132 g/mol. The number of hydrogen-bond acceptors (Lipinski definition) is 2. The lowest BCUT2D eigenvalue weighted by Crippen LogP contribution is -2.23. The Kier molecular flexibility index (Phi) is 1.83. The molecule has 8 heavy (non-hydrogen) atoms. The Bertz CT molecular complexity index is 72.6. The highest BCUT2D eigenvalue weighted by molar-refractivity contribution is 7.81. The fourth-order valence-electron chi connectivity index (χ4n) is 1.12. The summed E-state index contributed by atoms with van der Waals surface area (Å²) in [6, 6.07) is 0. The summed E-state index contributed by atoms with van der Waals surface area (Å²) >= 11 is 4.07. The molecule has 0 aromatic heterocycles. The zero-order chi connectivity index (χ0) is 6.04. The zero-order valence-corrected chi connectivity index (χ0v) is 5.82. The van der Waals surface area contributed by atoms with Crippen molar-refractivity contribution >= 4 is 12.6 Å². The topological polar surface area (TPSA) is 20.2 Å². The third-order valence-corrected chi connectivity index (χ3v) is 2.10. The van der Waals surface area contributed by atoms with Gasteiger partial charge in [-0.1, -0.05) is 6.42 Å². The summed E-state index contributed by atoms with van der Waals surface area (Å²) in [5, 5.41) is 9.24. The van der Waals surface area contributed by atoms with Crippen LogP contribution >= 0.6 is 12.6 Å². The van der Waals surface area contributed by atoms with Crippen LogP contribution in [0.1, 0.15) is 32.1 Å². The molecule has 0 amide bonds. The van der Waals surface area contributed by atoms with E-state index in [9.17, 15) is 5.11 Å². The molecular formula is C6H12OS. The molecule has 1 aliphatic rings. The summed E-state index contributed by atoms with van der Waals surface area (Å²) in [7, 11) is 0. The third-order valence-electron chi connectivity index (χ3n) is 1.65. The summed E-state index contributed by atoms with van der Waals surface area (Å²) in [6.07, 6.45) is 5.29. The molecule has 1 fully saturated rings. The molecule has 1 saturated carbocycles. The van der Waals surface area contributed by atoms with E-state index in [0.29, 0.717) is 0 Å². The molecule has 1 rings (SSSR count). The number of aliphatic hydroxyl groups is 1. The standard InChI is InChI=1S/C6H12OS/c7-6(8)4-2-1-3-5-6/h7-8H,1-5H2. The lowest BCUT2D eigenvalue weighted by molar-refractivity contribution is 0.0969. The lowest BCUT2D eigenvalue weighted by atomic mass is 9.97. The Hall–Kier alpha value is 0.310. The van der Waals surface area contributed by atoms with E-state index < -0.39 is 4.93 Å². The minimum Gasteiger partial charge on any atom is -0.380 e. The molecule has 0 saturated heterocycles. The highest BCUT2D eigenvalue weighted by Crippen LogP contribution is 2.30. The van der Waals surface area contributed by atoms with Gasteiger partial charge in [0.1, 0.15) is 4.93 Å². The SMILES string of the molecule is OC1(S)CCCCC1.